The number of carbonyl (C=O) groups is 1. The summed E-state index contributed by atoms with van der Waals surface area (Å²) in [5, 5.41) is 9.07. The molecule has 0 aromatic rings. The molecule has 0 aliphatic heterocycles. The zero-order valence-electron chi connectivity index (χ0n) is 32.3. The van der Waals surface area contributed by atoms with Crippen molar-refractivity contribution in [2.24, 2.45) is 23.7 Å². The second kappa shape index (κ2) is 31.5. The maximum absolute atomic E-state index is 11.0. The SMILES string of the molecule is CC(C)CCP(OCC(C)C)SCC(C)OP(OC(C)CSP(OCC(C)C)OCC(C)C)SCC(C)OP(OC(C)C)SCCC(=O)O. The van der Waals surface area contributed by atoms with Gasteiger partial charge in [0.05, 0.1) is 58.0 Å². The highest BCUT2D eigenvalue weighted by Crippen LogP contribution is 2.59. The van der Waals surface area contributed by atoms with E-state index in [0.29, 0.717) is 48.4 Å². The Labute approximate surface area is 321 Å². The van der Waals surface area contributed by atoms with Crippen LogP contribution in [0.25, 0.3) is 0 Å². The quantitative estimate of drug-likeness (QED) is 0.0635. The Balaban J connectivity index is 5.49. The van der Waals surface area contributed by atoms with Crippen molar-refractivity contribution >= 4 is 81.6 Å². The van der Waals surface area contributed by atoms with Crippen molar-refractivity contribution in [1.82, 2.24) is 0 Å². The van der Waals surface area contributed by atoms with Gasteiger partial charge in [-0.15, -0.1) is 11.4 Å². The van der Waals surface area contributed by atoms with Gasteiger partial charge in [0.15, 0.2) is 0 Å². The first kappa shape index (κ1) is 51.3. The van der Waals surface area contributed by atoms with Crippen molar-refractivity contribution in [2.45, 2.75) is 127 Å². The summed E-state index contributed by atoms with van der Waals surface area (Å²) in [6.45, 7) is 29.8. The molecule has 0 rings (SSSR count). The molecule has 294 valence electrons. The minimum Gasteiger partial charge on any atom is -0.481 e. The highest BCUT2D eigenvalue weighted by atomic mass is 32.7. The number of rotatable bonds is 33. The van der Waals surface area contributed by atoms with Crippen molar-refractivity contribution < 1.29 is 41.6 Å². The molecule has 9 nitrogen and oxygen atoms in total. The third-order valence-electron chi connectivity index (χ3n) is 5.36. The molecular weight excluding hydrogens is 781 g/mol. The number of hydrogen-bond acceptors (Lipinski definition) is 12. The van der Waals surface area contributed by atoms with Crippen molar-refractivity contribution in [2.75, 3.05) is 49.0 Å². The van der Waals surface area contributed by atoms with Crippen LogP contribution in [-0.4, -0.2) is 84.5 Å². The first-order valence-corrected chi connectivity index (χ1v) is 28.8. The molecule has 0 aliphatic rings. The number of hydrogen-bond donors (Lipinski definition) is 1. The lowest BCUT2D eigenvalue weighted by Gasteiger charge is -2.27. The van der Waals surface area contributed by atoms with Crippen molar-refractivity contribution in [3.8, 4) is 0 Å². The normalized spacial score (nSPS) is 16.3. The van der Waals surface area contributed by atoms with Crippen molar-refractivity contribution in [3.05, 3.63) is 0 Å². The van der Waals surface area contributed by atoms with Crippen LogP contribution in [0.4, 0.5) is 0 Å². The first-order valence-electron chi connectivity index (χ1n) is 17.4. The summed E-state index contributed by atoms with van der Waals surface area (Å²) in [6, 6.07) is 0. The van der Waals surface area contributed by atoms with Crippen LogP contribution in [0.3, 0.4) is 0 Å². The van der Waals surface area contributed by atoms with Gasteiger partial charge >= 0.3 is 5.97 Å². The zero-order chi connectivity index (χ0) is 37.4. The molecule has 0 radical (unpaired) electrons. The fraction of sp³-hybridized carbons (Fsp3) is 0.969. The zero-order valence-corrected chi connectivity index (χ0v) is 39.2. The van der Waals surface area contributed by atoms with Gasteiger partial charge < -0.3 is 36.8 Å². The van der Waals surface area contributed by atoms with Gasteiger partial charge in [-0.2, -0.15) is 0 Å². The van der Waals surface area contributed by atoms with E-state index in [1.807, 2.05) is 32.2 Å². The highest BCUT2D eigenvalue weighted by molar-refractivity contribution is 8.54. The molecule has 0 spiro atoms. The molecule has 0 aromatic heterocycles. The first-order chi connectivity index (χ1) is 23.0. The molecular formula is C32H68O9P4S4. The Morgan fingerprint density at radius 3 is 1.41 bits per heavy atom. The van der Waals surface area contributed by atoms with Crippen molar-refractivity contribution in [3.63, 3.8) is 0 Å². The fourth-order valence-electron chi connectivity index (χ4n) is 2.90. The smallest absolute Gasteiger partial charge is 0.304 e. The van der Waals surface area contributed by atoms with E-state index in [-0.39, 0.29) is 30.8 Å². The Kier molecular flexibility index (Phi) is 33.0. The molecule has 1 N–H and O–H groups in total. The summed E-state index contributed by atoms with van der Waals surface area (Å²) < 4.78 is 44.1. The van der Waals surface area contributed by atoms with Gasteiger partial charge in [-0.25, -0.2) is 0 Å². The lowest BCUT2D eigenvalue weighted by atomic mass is 10.2. The molecule has 0 saturated heterocycles. The summed E-state index contributed by atoms with van der Waals surface area (Å²) >= 11 is 6.67. The van der Waals surface area contributed by atoms with Crippen LogP contribution in [0.1, 0.15) is 103 Å². The maximum atomic E-state index is 11.0. The predicted octanol–water partition coefficient (Wildman–Crippen LogP) is 13.1. The third-order valence-corrected chi connectivity index (χ3v) is 19.7. The average molecular weight is 849 g/mol. The summed E-state index contributed by atoms with van der Waals surface area (Å²) in [6.07, 6.45) is 2.10. The van der Waals surface area contributed by atoms with E-state index in [9.17, 15) is 4.79 Å². The number of carboxylic acid groups (broad SMARTS) is 1. The highest BCUT2D eigenvalue weighted by Gasteiger charge is 2.26. The lowest BCUT2D eigenvalue weighted by molar-refractivity contribution is -0.136. The fourth-order valence-corrected chi connectivity index (χ4v) is 17.6. The van der Waals surface area contributed by atoms with E-state index in [1.165, 1.54) is 11.4 Å². The molecule has 0 bridgehead atoms. The van der Waals surface area contributed by atoms with E-state index < -0.39 is 36.1 Å². The molecule has 0 aromatic carbocycles. The molecule has 0 heterocycles. The van der Waals surface area contributed by atoms with Gasteiger partial charge in [0.25, 0.3) is 0 Å². The van der Waals surface area contributed by atoms with E-state index >= 15 is 0 Å². The van der Waals surface area contributed by atoms with Crippen molar-refractivity contribution in [1.29, 1.82) is 0 Å². The second-order valence-corrected chi connectivity index (χ2v) is 27.3. The average Bonchev–Trinajstić information content (AvgIpc) is 2.98. The van der Waals surface area contributed by atoms with E-state index in [4.69, 9.17) is 36.8 Å². The van der Waals surface area contributed by atoms with Crippen LogP contribution in [0.5, 0.6) is 0 Å². The summed E-state index contributed by atoms with van der Waals surface area (Å²) in [5.74, 6) is 3.89. The minimum absolute atomic E-state index is 0.0137. The molecule has 0 amide bonds. The molecule has 0 saturated carbocycles. The van der Waals surface area contributed by atoms with E-state index in [2.05, 4.69) is 69.2 Å². The molecule has 0 fully saturated rings. The largest absolute Gasteiger partial charge is 0.481 e. The second-order valence-electron chi connectivity index (χ2n) is 13.7. The minimum atomic E-state index is -1.28. The van der Waals surface area contributed by atoms with Gasteiger partial charge in [-0.1, -0.05) is 89.5 Å². The number of aliphatic carboxylic acids is 1. The molecule has 17 heteroatoms. The maximum Gasteiger partial charge on any atom is 0.304 e. The molecule has 6 atom stereocenters. The van der Waals surface area contributed by atoms with E-state index in [1.54, 1.807) is 22.8 Å². The Hall–Kier alpha value is 2.31. The summed E-state index contributed by atoms with van der Waals surface area (Å²) in [5.41, 5.74) is 0. The Morgan fingerprint density at radius 1 is 0.551 bits per heavy atom. The van der Waals surface area contributed by atoms with Gasteiger partial charge in [0.1, 0.15) is 0 Å². The van der Waals surface area contributed by atoms with Gasteiger partial charge in [-0.05, 0) is 64.7 Å². The van der Waals surface area contributed by atoms with Crippen LogP contribution in [0, 0.1) is 23.7 Å². The standard InChI is InChI=1S/C32H68O9P4S4/c1-24(2)14-16-42(35-18-25(3)4)47-21-29(11)40-45(41-30(12)22-48-43(36-19-26(5)6)37-20-27(7)8)49-23-31(13)39-44(38-28(9)10)46-17-15-32(33)34/h24-31H,14-23H2,1-13H3,(H,33,34). The van der Waals surface area contributed by atoms with Crippen LogP contribution < -0.4 is 0 Å². The van der Waals surface area contributed by atoms with E-state index in [0.717, 1.165) is 30.7 Å². The third kappa shape index (κ3) is 33.4. The lowest BCUT2D eigenvalue weighted by Crippen LogP contribution is -2.15. The molecule has 49 heavy (non-hydrogen) atoms. The van der Waals surface area contributed by atoms with Gasteiger partial charge in [0, 0.05) is 29.2 Å². The summed E-state index contributed by atoms with van der Waals surface area (Å²) in [7, 11) is -4.20. The molecule has 0 aliphatic carbocycles. The van der Waals surface area contributed by atoms with Crippen LogP contribution in [0.15, 0.2) is 0 Å². The number of carboxylic acids is 1. The van der Waals surface area contributed by atoms with Crippen LogP contribution in [-0.2, 0) is 36.5 Å². The Morgan fingerprint density at radius 2 is 0.980 bits per heavy atom. The van der Waals surface area contributed by atoms with Gasteiger partial charge in [0.2, 0.25) is 22.7 Å². The topological polar surface area (TPSA) is 102 Å². The predicted molar refractivity (Wildman–Crippen MR) is 224 cm³/mol. The molecule has 6 unspecified atom stereocenters. The Bertz CT molecular complexity index is 746. The van der Waals surface area contributed by atoms with Crippen LogP contribution >= 0.6 is 75.6 Å². The van der Waals surface area contributed by atoms with Gasteiger partial charge in [-0.3, -0.25) is 4.79 Å². The van der Waals surface area contributed by atoms with Crippen LogP contribution in [0.2, 0.25) is 0 Å². The summed E-state index contributed by atoms with van der Waals surface area (Å²) in [4.78, 5) is 11.0. The monoisotopic (exact) mass is 848 g/mol.